The normalized spacial score (nSPS) is 11.1. The van der Waals surface area contributed by atoms with Gasteiger partial charge in [0.2, 0.25) is 0 Å². The molecular formula is C20H21N3O3. The molecule has 0 fully saturated rings. The van der Waals surface area contributed by atoms with Crippen molar-refractivity contribution < 1.29 is 14.0 Å². The van der Waals surface area contributed by atoms with E-state index in [4.69, 9.17) is 4.42 Å². The molecule has 0 spiro atoms. The molecule has 0 radical (unpaired) electrons. The van der Waals surface area contributed by atoms with E-state index in [1.165, 1.54) is 6.08 Å². The van der Waals surface area contributed by atoms with Gasteiger partial charge in [0, 0.05) is 29.6 Å². The van der Waals surface area contributed by atoms with Gasteiger partial charge in [-0.3, -0.25) is 20.4 Å². The maximum atomic E-state index is 12.0. The fourth-order valence-electron chi connectivity index (χ4n) is 2.68. The molecule has 2 amide bonds. The zero-order chi connectivity index (χ0) is 18.4. The van der Waals surface area contributed by atoms with Gasteiger partial charge < -0.3 is 9.40 Å². The number of carbonyl (C=O) groups is 2. The first-order valence-electron chi connectivity index (χ1n) is 8.61. The summed E-state index contributed by atoms with van der Waals surface area (Å²) in [5.41, 5.74) is 6.80. The summed E-state index contributed by atoms with van der Waals surface area (Å²) >= 11 is 0. The van der Waals surface area contributed by atoms with Gasteiger partial charge in [0.1, 0.15) is 17.0 Å². The van der Waals surface area contributed by atoms with Crippen LogP contribution in [0.4, 0.5) is 0 Å². The number of hydrogen-bond acceptors (Lipinski definition) is 3. The molecule has 1 aromatic carbocycles. The lowest BCUT2D eigenvalue weighted by Gasteiger charge is -2.03. The summed E-state index contributed by atoms with van der Waals surface area (Å²) in [7, 11) is 0. The highest BCUT2D eigenvalue weighted by molar-refractivity contribution is 5.98. The van der Waals surface area contributed by atoms with Crippen LogP contribution >= 0.6 is 0 Å². The van der Waals surface area contributed by atoms with Gasteiger partial charge in [0.15, 0.2) is 0 Å². The van der Waals surface area contributed by atoms with Crippen LogP contribution in [0, 0.1) is 0 Å². The number of aryl methyl sites for hydroxylation is 1. The number of para-hydroxylation sites is 1. The van der Waals surface area contributed by atoms with E-state index in [0.29, 0.717) is 5.69 Å². The first-order valence-corrected chi connectivity index (χ1v) is 8.61. The van der Waals surface area contributed by atoms with E-state index in [1.807, 2.05) is 24.3 Å². The number of H-pyrrole nitrogens is 1. The Balaban J connectivity index is 1.70. The Bertz CT molecular complexity index is 923. The number of furan rings is 1. The third-order valence-electron chi connectivity index (χ3n) is 4.01. The summed E-state index contributed by atoms with van der Waals surface area (Å²) in [5.74, 6) is 0.0401. The minimum atomic E-state index is -0.420. The molecular weight excluding hydrogens is 330 g/mol. The first-order chi connectivity index (χ1) is 12.7. The number of hydrazine groups is 1. The van der Waals surface area contributed by atoms with Gasteiger partial charge in [-0.2, -0.15) is 0 Å². The standard InChI is InChI=1S/C20H21N3O3/c1-2-3-9-17-15(14-7-4-5-10-18(14)26-17)11-12-19(24)22-23-20(25)16-8-6-13-21-16/h4-8,10-13,21H,2-3,9H2,1H3,(H,22,24)(H,23,25)/b12-11+. The summed E-state index contributed by atoms with van der Waals surface area (Å²) in [4.78, 5) is 26.6. The third-order valence-corrected chi connectivity index (χ3v) is 4.01. The van der Waals surface area contributed by atoms with E-state index in [2.05, 4.69) is 22.8 Å². The smallest absolute Gasteiger partial charge is 0.286 e. The van der Waals surface area contributed by atoms with Crippen molar-refractivity contribution in [3.05, 3.63) is 65.7 Å². The summed E-state index contributed by atoms with van der Waals surface area (Å²) in [6.45, 7) is 2.12. The Hall–Kier alpha value is -3.28. The number of aromatic amines is 1. The van der Waals surface area contributed by atoms with Crippen molar-refractivity contribution in [3.63, 3.8) is 0 Å². The van der Waals surface area contributed by atoms with Crippen LogP contribution in [0.1, 0.15) is 41.6 Å². The lowest BCUT2D eigenvalue weighted by molar-refractivity contribution is -0.117. The van der Waals surface area contributed by atoms with Crippen LogP contribution in [-0.4, -0.2) is 16.8 Å². The molecule has 0 aliphatic heterocycles. The van der Waals surface area contributed by atoms with E-state index in [0.717, 1.165) is 41.6 Å². The molecule has 2 heterocycles. The quantitative estimate of drug-likeness (QED) is 0.468. The molecule has 0 aliphatic carbocycles. The van der Waals surface area contributed by atoms with Crippen molar-refractivity contribution >= 4 is 28.9 Å². The minimum Gasteiger partial charge on any atom is -0.460 e. The maximum Gasteiger partial charge on any atom is 0.286 e. The predicted octanol–water partition coefficient (Wildman–Crippen LogP) is 3.58. The van der Waals surface area contributed by atoms with Crippen LogP contribution in [0.2, 0.25) is 0 Å². The Morgan fingerprint density at radius 2 is 2.00 bits per heavy atom. The molecule has 3 N–H and O–H groups in total. The van der Waals surface area contributed by atoms with Crippen LogP contribution in [0.5, 0.6) is 0 Å². The highest BCUT2D eigenvalue weighted by Gasteiger charge is 2.12. The van der Waals surface area contributed by atoms with Crippen molar-refractivity contribution in [2.75, 3.05) is 0 Å². The van der Waals surface area contributed by atoms with E-state index in [1.54, 1.807) is 24.4 Å². The molecule has 2 aromatic heterocycles. The number of hydrogen-bond donors (Lipinski definition) is 3. The number of aromatic nitrogens is 1. The van der Waals surface area contributed by atoms with Gasteiger partial charge in [-0.15, -0.1) is 0 Å². The summed E-state index contributed by atoms with van der Waals surface area (Å²) in [5, 5.41) is 0.970. The minimum absolute atomic E-state index is 0.372. The second-order valence-electron chi connectivity index (χ2n) is 5.90. The van der Waals surface area contributed by atoms with E-state index in [-0.39, 0.29) is 0 Å². The average Bonchev–Trinajstić information content (AvgIpc) is 3.30. The summed E-state index contributed by atoms with van der Waals surface area (Å²) in [6, 6.07) is 11.1. The topological polar surface area (TPSA) is 87.1 Å². The molecule has 6 nitrogen and oxygen atoms in total. The van der Waals surface area contributed by atoms with Gasteiger partial charge in [0.25, 0.3) is 11.8 Å². The Labute approximate surface area is 151 Å². The Morgan fingerprint density at radius 1 is 1.15 bits per heavy atom. The van der Waals surface area contributed by atoms with Gasteiger partial charge in [0.05, 0.1) is 0 Å². The summed E-state index contributed by atoms with van der Waals surface area (Å²) in [6.07, 6.45) is 7.65. The van der Waals surface area contributed by atoms with Crippen LogP contribution in [0.25, 0.3) is 17.0 Å². The predicted molar refractivity (Wildman–Crippen MR) is 100 cm³/mol. The molecule has 0 aliphatic rings. The number of fused-ring (bicyclic) bond motifs is 1. The Kier molecular flexibility index (Phi) is 5.53. The second kappa shape index (κ2) is 8.20. The molecule has 0 atom stereocenters. The lowest BCUT2D eigenvalue weighted by Crippen LogP contribution is -2.40. The van der Waals surface area contributed by atoms with Gasteiger partial charge >= 0.3 is 0 Å². The number of amides is 2. The number of carbonyl (C=O) groups excluding carboxylic acids is 2. The Morgan fingerprint density at radius 3 is 2.77 bits per heavy atom. The van der Waals surface area contributed by atoms with Crippen molar-refractivity contribution in [1.29, 1.82) is 0 Å². The van der Waals surface area contributed by atoms with Gasteiger partial charge in [-0.25, -0.2) is 0 Å². The second-order valence-corrected chi connectivity index (χ2v) is 5.90. The molecule has 26 heavy (non-hydrogen) atoms. The molecule has 6 heteroatoms. The van der Waals surface area contributed by atoms with Crippen molar-refractivity contribution in [3.8, 4) is 0 Å². The van der Waals surface area contributed by atoms with Crippen LogP contribution in [-0.2, 0) is 11.2 Å². The summed E-state index contributed by atoms with van der Waals surface area (Å²) < 4.78 is 5.92. The SMILES string of the molecule is CCCCc1oc2ccccc2c1/C=C/C(=O)NNC(=O)c1ccc[nH]1. The zero-order valence-corrected chi connectivity index (χ0v) is 14.5. The molecule has 0 bridgehead atoms. The van der Waals surface area contributed by atoms with E-state index < -0.39 is 11.8 Å². The van der Waals surface area contributed by atoms with Crippen LogP contribution < -0.4 is 10.9 Å². The van der Waals surface area contributed by atoms with Gasteiger partial charge in [-0.1, -0.05) is 31.5 Å². The molecule has 134 valence electrons. The largest absolute Gasteiger partial charge is 0.460 e. The van der Waals surface area contributed by atoms with Crippen LogP contribution in [0.15, 0.2) is 53.1 Å². The highest BCUT2D eigenvalue weighted by atomic mass is 16.3. The zero-order valence-electron chi connectivity index (χ0n) is 14.5. The number of nitrogens with one attached hydrogen (secondary N) is 3. The van der Waals surface area contributed by atoms with Crippen LogP contribution in [0.3, 0.4) is 0 Å². The molecule has 0 saturated heterocycles. The monoisotopic (exact) mass is 351 g/mol. The molecule has 0 saturated carbocycles. The number of rotatable bonds is 6. The maximum absolute atomic E-state index is 12.0. The van der Waals surface area contributed by atoms with Crippen molar-refractivity contribution in [2.24, 2.45) is 0 Å². The van der Waals surface area contributed by atoms with Crippen molar-refractivity contribution in [1.82, 2.24) is 15.8 Å². The third kappa shape index (κ3) is 4.03. The number of unbranched alkanes of at least 4 members (excludes halogenated alkanes) is 1. The molecule has 3 rings (SSSR count). The highest BCUT2D eigenvalue weighted by Crippen LogP contribution is 2.28. The van der Waals surface area contributed by atoms with E-state index >= 15 is 0 Å². The molecule has 0 unspecified atom stereocenters. The molecule has 3 aromatic rings. The van der Waals surface area contributed by atoms with Crippen molar-refractivity contribution in [2.45, 2.75) is 26.2 Å². The van der Waals surface area contributed by atoms with E-state index in [9.17, 15) is 9.59 Å². The fourth-order valence-corrected chi connectivity index (χ4v) is 2.68. The van der Waals surface area contributed by atoms with Gasteiger partial charge in [-0.05, 0) is 30.7 Å². The average molecular weight is 351 g/mol. The first kappa shape index (κ1) is 17.5. The fraction of sp³-hybridized carbons (Fsp3) is 0.200. The lowest BCUT2D eigenvalue weighted by atomic mass is 10.1. The number of benzene rings is 1.